The van der Waals surface area contributed by atoms with Crippen LogP contribution in [0.3, 0.4) is 0 Å². The predicted molar refractivity (Wildman–Crippen MR) is 77.9 cm³/mol. The summed E-state index contributed by atoms with van der Waals surface area (Å²) in [4.78, 5) is 11.9. The fourth-order valence-electron chi connectivity index (χ4n) is 1.53. The molecule has 2 rings (SSSR count). The minimum Gasteiger partial charge on any atom is -0.507 e. The number of aromatic hydroxyl groups is 1. The van der Waals surface area contributed by atoms with Gasteiger partial charge in [0.1, 0.15) is 5.75 Å². The van der Waals surface area contributed by atoms with Gasteiger partial charge in [-0.3, -0.25) is 4.79 Å². The molecular formula is C15H10Cl2O2. The van der Waals surface area contributed by atoms with Gasteiger partial charge >= 0.3 is 0 Å². The van der Waals surface area contributed by atoms with Gasteiger partial charge in [0, 0.05) is 21.2 Å². The van der Waals surface area contributed by atoms with E-state index < -0.39 is 0 Å². The average Bonchev–Trinajstić information content (AvgIpc) is 2.40. The van der Waals surface area contributed by atoms with E-state index in [0.717, 1.165) is 0 Å². The van der Waals surface area contributed by atoms with Gasteiger partial charge in [0.2, 0.25) is 0 Å². The molecule has 0 atom stereocenters. The second-order valence-electron chi connectivity index (χ2n) is 3.91. The Hall–Kier alpha value is -1.77. The van der Waals surface area contributed by atoms with Crippen LogP contribution in [0, 0.1) is 0 Å². The number of hydrogen-bond acceptors (Lipinski definition) is 2. The van der Waals surface area contributed by atoms with Gasteiger partial charge in [-0.1, -0.05) is 23.2 Å². The summed E-state index contributed by atoms with van der Waals surface area (Å²) in [6.45, 7) is 0. The highest BCUT2D eigenvalue weighted by molar-refractivity contribution is 6.31. The molecule has 0 saturated carbocycles. The summed E-state index contributed by atoms with van der Waals surface area (Å²) in [6.07, 6.45) is 2.91. The highest BCUT2D eigenvalue weighted by Crippen LogP contribution is 2.22. The maximum atomic E-state index is 11.9. The van der Waals surface area contributed by atoms with Gasteiger partial charge in [0.25, 0.3) is 0 Å². The summed E-state index contributed by atoms with van der Waals surface area (Å²) in [7, 11) is 0. The van der Waals surface area contributed by atoms with Crippen molar-refractivity contribution < 1.29 is 9.90 Å². The van der Waals surface area contributed by atoms with Crippen LogP contribution in [0.1, 0.15) is 15.9 Å². The third-order valence-corrected chi connectivity index (χ3v) is 3.02. The van der Waals surface area contributed by atoms with Gasteiger partial charge in [-0.25, -0.2) is 0 Å². The predicted octanol–water partition coefficient (Wildman–Crippen LogP) is 4.60. The number of hydrogen-bond donors (Lipinski definition) is 1. The minimum absolute atomic E-state index is 0.0737. The fraction of sp³-hybridized carbons (Fsp3) is 0. The maximum absolute atomic E-state index is 11.9. The summed E-state index contributed by atoms with van der Waals surface area (Å²) in [5.41, 5.74) is 1.02. The third-order valence-electron chi connectivity index (χ3n) is 2.53. The topological polar surface area (TPSA) is 37.3 Å². The SMILES string of the molecule is O=C(C=Cc1cc(Cl)ccc1O)c1ccc(Cl)cc1. The highest BCUT2D eigenvalue weighted by atomic mass is 35.5. The van der Waals surface area contributed by atoms with Crippen molar-refractivity contribution in [2.75, 3.05) is 0 Å². The Bertz CT molecular complexity index is 631. The highest BCUT2D eigenvalue weighted by Gasteiger charge is 2.03. The smallest absolute Gasteiger partial charge is 0.185 e. The first-order valence-corrected chi connectivity index (χ1v) is 6.28. The molecule has 0 bridgehead atoms. The molecule has 2 nitrogen and oxygen atoms in total. The standard InChI is InChI=1S/C15H10Cl2O2/c16-12-4-1-10(2-5-12)14(18)7-3-11-9-13(17)6-8-15(11)19/h1-9,19H. The van der Waals surface area contributed by atoms with Crippen molar-refractivity contribution in [2.45, 2.75) is 0 Å². The molecule has 0 fully saturated rings. The number of carbonyl (C=O) groups is 1. The van der Waals surface area contributed by atoms with Gasteiger partial charge in [-0.2, -0.15) is 0 Å². The summed E-state index contributed by atoms with van der Waals surface area (Å²) in [5, 5.41) is 10.7. The third kappa shape index (κ3) is 3.60. The van der Waals surface area contributed by atoms with E-state index >= 15 is 0 Å². The van der Waals surface area contributed by atoms with Crippen molar-refractivity contribution in [1.29, 1.82) is 0 Å². The van der Waals surface area contributed by atoms with Gasteiger partial charge in [-0.15, -0.1) is 0 Å². The molecule has 0 aromatic heterocycles. The monoisotopic (exact) mass is 292 g/mol. The van der Waals surface area contributed by atoms with Crippen LogP contribution in [0.15, 0.2) is 48.5 Å². The molecule has 0 unspecified atom stereocenters. The zero-order valence-corrected chi connectivity index (χ0v) is 11.3. The number of carbonyl (C=O) groups excluding carboxylic acids is 1. The Labute approximate surface area is 120 Å². The van der Waals surface area contributed by atoms with Crippen molar-refractivity contribution in [1.82, 2.24) is 0 Å². The molecule has 19 heavy (non-hydrogen) atoms. The zero-order chi connectivity index (χ0) is 13.8. The van der Waals surface area contributed by atoms with Gasteiger partial charge in [0.15, 0.2) is 5.78 Å². The van der Waals surface area contributed by atoms with E-state index in [4.69, 9.17) is 23.2 Å². The van der Waals surface area contributed by atoms with Crippen molar-refractivity contribution in [3.63, 3.8) is 0 Å². The first kappa shape index (κ1) is 13.7. The van der Waals surface area contributed by atoms with Crippen LogP contribution >= 0.6 is 23.2 Å². The first-order chi connectivity index (χ1) is 9.06. The van der Waals surface area contributed by atoms with Gasteiger partial charge < -0.3 is 5.11 Å². The lowest BCUT2D eigenvalue weighted by molar-refractivity contribution is 0.104. The zero-order valence-electron chi connectivity index (χ0n) is 9.81. The lowest BCUT2D eigenvalue weighted by Crippen LogP contribution is -1.93. The number of allylic oxidation sites excluding steroid dienone is 1. The lowest BCUT2D eigenvalue weighted by atomic mass is 10.1. The molecule has 0 amide bonds. The molecular weight excluding hydrogens is 283 g/mol. The van der Waals surface area contributed by atoms with E-state index in [-0.39, 0.29) is 11.5 Å². The van der Waals surface area contributed by atoms with E-state index in [1.807, 2.05) is 0 Å². The molecule has 0 aliphatic rings. The van der Waals surface area contributed by atoms with Crippen LogP contribution in [0.2, 0.25) is 10.0 Å². The molecule has 0 aliphatic heterocycles. The van der Waals surface area contributed by atoms with Crippen LogP contribution in [-0.2, 0) is 0 Å². The molecule has 0 saturated heterocycles. The van der Waals surface area contributed by atoms with Crippen LogP contribution in [0.5, 0.6) is 5.75 Å². The molecule has 0 heterocycles. The molecule has 0 spiro atoms. The summed E-state index contributed by atoms with van der Waals surface area (Å²) >= 11 is 11.6. The van der Waals surface area contributed by atoms with E-state index in [1.54, 1.807) is 36.4 Å². The van der Waals surface area contributed by atoms with Crippen molar-refractivity contribution in [2.24, 2.45) is 0 Å². The first-order valence-electron chi connectivity index (χ1n) is 5.53. The van der Waals surface area contributed by atoms with Crippen LogP contribution in [0.4, 0.5) is 0 Å². The van der Waals surface area contributed by atoms with Gasteiger partial charge in [-0.05, 0) is 54.6 Å². The molecule has 1 N–H and O–H groups in total. The Morgan fingerprint density at radius 1 is 1.00 bits per heavy atom. The maximum Gasteiger partial charge on any atom is 0.185 e. The van der Waals surface area contributed by atoms with E-state index in [0.29, 0.717) is 21.2 Å². The van der Waals surface area contributed by atoms with E-state index in [9.17, 15) is 9.90 Å². The molecule has 0 aliphatic carbocycles. The molecule has 2 aromatic carbocycles. The van der Waals surface area contributed by atoms with Crippen LogP contribution in [0.25, 0.3) is 6.08 Å². The molecule has 2 aromatic rings. The number of phenols is 1. The van der Waals surface area contributed by atoms with Crippen molar-refractivity contribution in [3.05, 3.63) is 69.7 Å². The Morgan fingerprint density at radius 2 is 1.63 bits per heavy atom. The Kier molecular flexibility index (Phi) is 4.25. The summed E-state index contributed by atoms with van der Waals surface area (Å²) in [6, 6.07) is 11.2. The Balaban J connectivity index is 2.20. The Morgan fingerprint density at radius 3 is 2.32 bits per heavy atom. The van der Waals surface area contributed by atoms with Crippen molar-refractivity contribution in [3.8, 4) is 5.75 Å². The lowest BCUT2D eigenvalue weighted by Gasteiger charge is -1.99. The summed E-state index contributed by atoms with van der Waals surface area (Å²) < 4.78 is 0. The van der Waals surface area contributed by atoms with E-state index in [2.05, 4.69) is 0 Å². The quantitative estimate of drug-likeness (QED) is 0.663. The average molecular weight is 293 g/mol. The van der Waals surface area contributed by atoms with Crippen molar-refractivity contribution >= 4 is 35.1 Å². The minimum atomic E-state index is -0.170. The normalized spacial score (nSPS) is 10.8. The number of halogens is 2. The molecule has 4 heteroatoms. The molecule has 0 radical (unpaired) electrons. The van der Waals surface area contributed by atoms with Crippen LogP contribution in [-0.4, -0.2) is 10.9 Å². The fourth-order valence-corrected chi connectivity index (χ4v) is 1.84. The van der Waals surface area contributed by atoms with Crippen LogP contribution < -0.4 is 0 Å². The largest absolute Gasteiger partial charge is 0.507 e. The number of phenolic OH excluding ortho intramolecular Hbond substituents is 1. The number of rotatable bonds is 3. The molecule has 96 valence electrons. The number of benzene rings is 2. The summed E-state index contributed by atoms with van der Waals surface area (Å²) in [5.74, 6) is -0.0967. The number of ketones is 1. The second kappa shape index (κ2) is 5.91. The van der Waals surface area contributed by atoms with E-state index in [1.165, 1.54) is 18.2 Å². The second-order valence-corrected chi connectivity index (χ2v) is 4.78. The van der Waals surface area contributed by atoms with Gasteiger partial charge in [0.05, 0.1) is 0 Å².